The lowest BCUT2D eigenvalue weighted by atomic mass is 10.1. The highest BCUT2D eigenvalue weighted by Gasteiger charge is 2.22. The lowest BCUT2D eigenvalue weighted by molar-refractivity contribution is -0.137. The molecular weight excluding hydrogens is 422 g/mol. The van der Waals surface area contributed by atoms with Crippen molar-refractivity contribution in [2.75, 3.05) is 6.54 Å². The zero-order valence-corrected chi connectivity index (χ0v) is 16.1. The fraction of sp³-hybridized carbons (Fsp3) is 0.211. The molecule has 1 aliphatic rings. The molecule has 0 amide bonds. The molecule has 8 nitrogen and oxygen atoms in total. The molecule has 0 unspecified atom stereocenters. The summed E-state index contributed by atoms with van der Waals surface area (Å²) in [7, 11) is 0. The van der Waals surface area contributed by atoms with Crippen LogP contribution in [0.2, 0.25) is 5.02 Å². The first-order valence-corrected chi connectivity index (χ1v) is 9.08. The van der Waals surface area contributed by atoms with Crippen LogP contribution in [0.15, 0.2) is 47.7 Å². The first-order chi connectivity index (χ1) is 14.2. The van der Waals surface area contributed by atoms with Crippen LogP contribution in [0.4, 0.5) is 8.78 Å². The zero-order chi connectivity index (χ0) is 21.8. The molecule has 3 rings (SSSR count). The topological polar surface area (TPSA) is 121 Å². The van der Waals surface area contributed by atoms with Gasteiger partial charge in [0.1, 0.15) is 11.6 Å². The van der Waals surface area contributed by atoms with E-state index in [1.54, 1.807) is 0 Å². The van der Waals surface area contributed by atoms with Crippen molar-refractivity contribution in [3.8, 4) is 11.6 Å². The number of rotatable bonds is 7. The van der Waals surface area contributed by atoms with E-state index in [1.807, 2.05) is 0 Å². The van der Waals surface area contributed by atoms with Crippen LogP contribution in [0.25, 0.3) is 0 Å². The Hall–Kier alpha value is -3.08. The number of ether oxygens (including phenoxy) is 1. The van der Waals surface area contributed by atoms with Gasteiger partial charge in [0.2, 0.25) is 0 Å². The number of halogens is 3. The van der Waals surface area contributed by atoms with Crippen molar-refractivity contribution in [3.05, 3.63) is 64.8 Å². The van der Waals surface area contributed by atoms with Gasteiger partial charge in [0.25, 0.3) is 5.88 Å². The van der Waals surface area contributed by atoms with Crippen LogP contribution in [-0.4, -0.2) is 50.7 Å². The zero-order valence-electron chi connectivity index (χ0n) is 15.4. The minimum absolute atomic E-state index is 0.00531. The first kappa shape index (κ1) is 21.6. The molecule has 0 spiro atoms. The van der Waals surface area contributed by atoms with Crippen LogP contribution < -0.4 is 10.5 Å². The summed E-state index contributed by atoms with van der Waals surface area (Å²) in [4.78, 5) is 14.5. The molecule has 1 aliphatic heterocycles. The number of allylic oxidation sites excluding steroid dienone is 1. The number of pyridine rings is 1. The second-order valence-electron chi connectivity index (χ2n) is 6.42. The fourth-order valence-electron chi connectivity index (χ4n) is 2.68. The maximum Gasteiger partial charge on any atom is 0.304 e. The summed E-state index contributed by atoms with van der Waals surface area (Å²) in [5, 5.41) is 24.2. The molecule has 4 N–H and O–H groups in total. The van der Waals surface area contributed by atoms with E-state index in [0.29, 0.717) is 0 Å². The summed E-state index contributed by atoms with van der Waals surface area (Å²) in [6.07, 6.45) is 2.54. The number of hydrogen-bond donors (Lipinski definition) is 3. The third-order valence-corrected chi connectivity index (χ3v) is 4.24. The van der Waals surface area contributed by atoms with Gasteiger partial charge in [0, 0.05) is 23.9 Å². The van der Waals surface area contributed by atoms with Crippen LogP contribution in [0, 0.1) is 11.6 Å². The van der Waals surface area contributed by atoms with Gasteiger partial charge in [0.05, 0.1) is 23.7 Å². The van der Waals surface area contributed by atoms with Crippen LogP contribution in [0.1, 0.15) is 12.0 Å². The number of aliphatic hydroxyl groups is 1. The van der Waals surface area contributed by atoms with E-state index in [-0.39, 0.29) is 40.9 Å². The summed E-state index contributed by atoms with van der Waals surface area (Å²) in [5.41, 5.74) is 6.01. The molecule has 0 saturated heterocycles. The predicted molar refractivity (Wildman–Crippen MR) is 104 cm³/mol. The normalized spacial score (nSPS) is 16.9. The highest BCUT2D eigenvalue weighted by molar-refractivity contribution is 6.30. The second kappa shape index (κ2) is 9.16. The molecule has 2 aromatic rings. The first-order valence-electron chi connectivity index (χ1n) is 8.70. The Balaban J connectivity index is 1.78. The predicted octanol–water partition coefficient (Wildman–Crippen LogP) is 2.50. The molecule has 30 heavy (non-hydrogen) atoms. The molecule has 0 fully saturated rings. The molecular formula is C19H17ClF2N4O4. The second-order valence-corrected chi connectivity index (χ2v) is 6.86. The van der Waals surface area contributed by atoms with Crippen molar-refractivity contribution in [3.63, 3.8) is 0 Å². The SMILES string of the molecule is N[C@@H](CC(=O)O)CN1N=C(c2ccc(Oc3ncc(Cl)cc3F)cc2F)C=C[C@@H]1O. The molecule has 2 heterocycles. The number of carboxylic acid groups (broad SMARTS) is 1. The Labute approximate surface area is 174 Å². The van der Waals surface area contributed by atoms with Crippen LogP contribution in [0.3, 0.4) is 0 Å². The van der Waals surface area contributed by atoms with E-state index in [0.717, 1.165) is 12.1 Å². The highest BCUT2D eigenvalue weighted by atomic mass is 35.5. The molecule has 2 atom stereocenters. The number of aromatic nitrogens is 1. The summed E-state index contributed by atoms with van der Waals surface area (Å²) in [6, 6.07) is 4.04. The van der Waals surface area contributed by atoms with Gasteiger partial charge < -0.3 is 20.7 Å². The number of carboxylic acids is 1. The molecule has 0 radical (unpaired) electrons. The van der Waals surface area contributed by atoms with Gasteiger partial charge in [0.15, 0.2) is 12.0 Å². The van der Waals surface area contributed by atoms with E-state index < -0.39 is 29.9 Å². The van der Waals surface area contributed by atoms with Gasteiger partial charge in [-0.2, -0.15) is 5.10 Å². The number of benzene rings is 1. The van der Waals surface area contributed by atoms with Gasteiger partial charge in [-0.25, -0.2) is 13.8 Å². The van der Waals surface area contributed by atoms with E-state index in [1.165, 1.54) is 35.5 Å². The lowest BCUT2D eigenvalue weighted by Gasteiger charge is -2.28. The van der Waals surface area contributed by atoms with Gasteiger partial charge in [-0.15, -0.1) is 0 Å². The molecule has 0 aliphatic carbocycles. The van der Waals surface area contributed by atoms with E-state index in [4.69, 9.17) is 27.2 Å². The summed E-state index contributed by atoms with van der Waals surface area (Å²) >= 11 is 5.63. The number of aliphatic hydroxyl groups excluding tert-OH is 1. The van der Waals surface area contributed by atoms with Crippen molar-refractivity contribution in [1.29, 1.82) is 0 Å². The molecule has 1 aromatic heterocycles. The Bertz CT molecular complexity index is 1020. The molecule has 11 heteroatoms. The average molecular weight is 439 g/mol. The standard InChI is InChI=1S/C19H17ClF2N4O4/c20-10-5-15(22)19(24-8-10)30-12-1-2-13(14(21)7-12)16-3-4-17(27)26(25-16)9-11(23)6-18(28)29/h1-5,7-8,11,17,27H,6,9,23H2,(H,28,29)/t11-,17-/m0/s1. The Morgan fingerprint density at radius 3 is 2.77 bits per heavy atom. The van der Waals surface area contributed by atoms with Crippen molar-refractivity contribution in [2.45, 2.75) is 18.7 Å². The van der Waals surface area contributed by atoms with Gasteiger partial charge in [-0.1, -0.05) is 11.6 Å². The maximum absolute atomic E-state index is 14.6. The fourth-order valence-corrected chi connectivity index (χ4v) is 2.83. The minimum atomic E-state index is -1.13. The third kappa shape index (κ3) is 5.29. The third-order valence-electron chi connectivity index (χ3n) is 4.03. The number of hydrazone groups is 1. The van der Waals surface area contributed by atoms with Crippen molar-refractivity contribution < 1.29 is 28.5 Å². The molecule has 158 valence electrons. The Morgan fingerprint density at radius 2 is 2.10 bits per heavy atom. The van der Waals surface area contributed by atoms with Crippen molar-refractivity contribution in [1.82, 2.24) is 9.99 Å². The molecule has 0 bridgehead atoms. The largest absolute Gasteiger partial charge is 0.481 e. The number of carbonyl (C=O) groups is 1. The number of aliphatic carboxylic acids is 1. The van der Waals surface area contributed by atoms with Crippen molar-refractivity contribution in [2.24, 2.45) is 10.8 Å². The summed E-state index contributed by atoms with van der Waals surface area (Å²) in [6.45, 7) is -0.0500. The minimum Gasteiger partial charge on any atom is -0.481 e. The number of nitrogens with zero attached hydrogens (tertiary/aromatic N) is 3. The Morgan fingerprint density at radius 1 is 1.33 bits per heavy atom. The monoisotopic (exact) mass is 438 g/mol. The van der Waals surface area contributed by atoms with E-state index in [2.05, 4.69) is 10.1 Å². The molecule has 0 saturated carbocycles. The van der Waals surface area contributed by atoms with Crippen LogP contribution in [0.5, 0.6) is 11.6 Å². The van der Waals surface area contributed by atoms with Gasteiger partial charge >= 0.3 is 5.97 Å². The van der Waals surface area contributed by atoms with Gasteiger partial charge in [-0.3, -0.25) is 9.80 Å². The molecule has 1 aromatic carbocycles. The highest BCUT2D eigenvalue weighted by Crippen LogP contribution is 2.26. The van der Waals surface area contributed by atoms with Crippen LogP contribution >= 0.6 is 11.6 Å². The quantitative estimate of drug-likeness (QED) is 0.607. The average Bonchev–Trinajstić information content (AvgIpc) is 2.65. The van der Waals surface area contributed by atoms with E-state index >= 15 is 0 Å². The van der Waals surface area contributed by atoms with Crippen LogP contribution in [-0.2, 0) is 4.79 Å². The number of hydrogen-bond acceptors (Lipinski definition) is 7. The van der Waals surface area contributed by atoms with Gasteiger partial charge in [-0.05, 0) is 30.4 Å². The van der Waals surface area contributed by atoms with E-state index in [9.17, 15) is 18.7 Å². The Kier molecular flexibility index (Phi) is 6.60. The lowest BCUT2D eigenvalue weighted by Crippen LogP contribution is -2.42. The smallest absolute Gasteiger partial charge is 0.304 e. The van der Waals surface area contributed by atoms with Crippen molar-refractivity contribution >= 4 is 23.3 Å². The maximum atomic E-state index is 14.6. The summed E-state index contributed by atoms with van der Waals surface area (Å²) in [5.74, 6) is -2.94. The number of nitrogens with two attached hydrogens (primary N) is 1. The summed E-state index contributed by atoms with van der Waals surface area (Å²) < 4.78 is 33.7.